The Morgan fingerprint density at radius 1 is 1.14 bits per heavy atom. The van der Waals surface area contributed by atoms with Crippen molar-refractivity contribution in [2.24, 2.45) is 0 Å². The van der Waals surface area contributed by atoms with Crippen molar-refractivity contribution in [3.05, 3.63) is 84.1 Å². The average Bonchev–Trinajstić information content (AvgIpc) is 3.38. The number of carbonyl (C=O) groups is 2. The molecule has 3 aromatic heterocycles. The molecule has 10 nitrogen and oxygen atoms in total. The lowest BCUT2D eigenvalue weighted by atomic mass is 10.0. The van der Waals surface area contributed by atoms with E-state index in [2.05, 4.69) is 15.3 Å². The number of methoxy groups -OCH3 is 1. The van der Waals surface area contributed by atoms with Crippen molar-refractivity contribution in [3.63, 3.8) is 0 Å². The summed E-state index contributed by atoms with van der Waals surface area (Å²) in [6, 6.07) is 7.71. The first kappa shape index (κ1) is 28.7. The van der Waals surface area contributed by atoms with Crippen LogP contribution in [0.1, 0.15) is 47.1 Å². The van der Waals surface area contributed by atoms with Crippen LogP contribution in [0.3, 0.4) is 0 Å². The number of ether oxygens (including phenoxy) is 1. The second-order valence-corrected chi connectivity index (χ2v) is 9.71. The Kier molecular flexibility index (Phi) is 8.20. The number of anilines is 2. The molecule has 0 saturated carbocycles. The molecule has 5 rings (SSSR count). The van der Waals surface area contributed by atoms with Crippen LogP contribution in [-0.4, -0.2) is 56.3 Å². The Hall–Kier alpha value is -4.78. The Morgan fingerprint density at radius 2 is 1.93 bits per heavy atom. The van der Waals surface area contributed by atoms with Crippen molar-refractivity contribution >= 4 is 29.0 Å². The number of nitrogen functional groups attached to an aromatic ring is 1. The van der Waals surface area contributed by atoms with Gasteiger partial charge in [-0.3, -0.25) is 14.0 Å². The molecular formula is C29H28F3N7O3. The zero-order valence-electron chi connectivity index (χ0n) is 22.6. The van der Waals surface area contributed by atoms with Crippen LogP contribution in [0.15, 0.2) is 67.1 Å². The number of piperidine rings is 1. The molecule has 2 amide bonds. The number of amides is 2. The fraction of sp³-hybridized carbons (Fsp3) is 0.276. The summed E-state index contributed by atoms with van der Waals surface area (Å²) in [6.45, 7) is 0.906. The zero-order chi connectivity index (χ0) is 29.9. The Bertz CT molecular complexity index is 1630. The first-order chi connectivity index (χ1) is 20.2. The van der Waals surface area contributed by atoms with E-state index in [1.54, 1.807) is 42.6 Å². The van der Waals surface area contributed by atoms with Gasteiger partial charge in [0.2, 0.25) is 5.91 Å². The summed E-state index contributed by atoms with van der Waals surface area (Å²) < 4.78 is 45.9. The summed E-state index contributed by atoms with van der Waals surface area (Å²) in [4.78, 5) is 40.6. The number of imidazole rings is 1. The topological polar surface area (TPSA) is 128 Å². The van der Waals surface area contributed by atoms with E-state index in [0.29, 0.717) is 42.2 Å². The number of nitrogens with two attached hydrogens (primary N) is 1. The highest BCUT2D eigenvalue weighted by Crippen LogP contribution is 2.36. The van der Waals surface area contributed by atoms with Gasteiger partial charge in [0, 0.05) is 49.4 Å². The van der Waals surface area contributed by atoms with Crippen LogP contribution in [0.25, 0.3) is 16.8 Å². The van der Waals surface area contributed by atoms with Crippen LogP contribution in [0.4, 0.5) is 24.8 Å². The summed E-state index contributed by atoms with van der Waals surface area (Å²) in [5, 5.41) is 2.40. The zero-order valence-corrected chi connectivity index (χ0v) is 22.6. The van der Waals surface area contributed by atoms with Gasteiger partial charge in [-0.25, -0.2) is 15.0 Å². The molecule has 0 aliphatic carbocycles. The van der Waals surface area contributed by atoms with E-state index < -0.39 is 17.6 Å². The molecule has 218 valence electrons. The smallest absolute Gasteiger partial charge is 0.382 e. The van der Waals surface area contributed by atoms with Crippen LogP contribution in [0.2, 0.25) is 0 Å². The number of alkyl halides is 3. The number of nitrogens with zero attached hydrogens (tertiary/aromatic N) is 5. The lowest BCUT2D eigenvalue weighted by molar-refractivity contribution is -0.137. The molecule has 42 heavy (non-hydrogen) atoms. The summed E-state index contributed by atoms with van der Waals surface area (Å²) in [5.74, 6) is -0.0891. The van der Waals surface area contributed by atoms with Crippen molar-refractivity contribution < 1.29 is 27.5 Å². The third-order valence-electron chi connectivity index (χ3n) is 6.97. The Labute approximate surface area is 239 Å². The van der Waals surface area contributed by atoms with Gasteiger partial charge in [0.1, 0.15) is 28.7 Å². The number of aromatic nitrogens is 4. The van der Waals surface area contributed by atoms with Crippen LogP contribution in [0, 0.1) is 0 Å². The highest BCUT2D eigenvalue weighted by atomic mass is 19.4. The normalized spacial score (nSPS) is 15.8. The SMILES string of the molecule is COC/C=C/C(=O)N1CCCC[C@H]1c1nc(-c2ccc(C(=O)Nc3cc(C(F)(F)F)ccn3)cc2)c2c(N)nccn12. The van der Waals surface area contributed by atoms with E-state index in [-0.39, 0.29) is 29.1 Å². The van der Waals surface area contributed by atoms with Gasteiger partial charge in [0.15, 0.2) is 0 Å². The Morgan fingerprint density at radius 3 is 2.67 bits per heavy atom. The van der Waals surface area contributed by atoms with Gasteiger partial charge in [-0.05, 0) is 43.5 Å². The summed E-state index contributed by atoms with van der Waals surface area (Å²) >= 11 is 0. The number of benzene rings is 1. The number of halogens is 3. The molecule has 0 radical (unpaired) electrons. The second-order valence-electron chi connectivity index (χ2n) is 9.71. The average molecular weight is 580 g/mol. The maximum Gasteiger partial charge on any atom is 0.416 e. The predicted octanol–water partition coefficient (Wildman–Crippen LogP) is 4.90. The van der Waals surface area contributed by atoms with Gasteiger partial charge < -0.3 is 20.7 Å². The molecule has 1 fully saturated rings. The first-order valence-corrected chi connectivity index (χ1v) is 13.2. The Balaban J connectivity index is 1.45. The van der Waals surface area contributed by atoms with E-state index >= 15 is 0 Å². The minimum atomic E-state index is -4.56. The molecule has 1 aromatic carbocycles. The lowest BCUT2D eigenvalue weighted by Crippen LogP contribution is -2.38. The molecule has 4 aromatic rings. The fourth-order valence-corrected chi connectivity index (χ4v) is 4.97. The number of fused-ring (bicyclic) bond motifs is 1. The number of rotatable bonds is 7. The second kappa shape index (κ2) is 12.0. The van der Waals surface area contributed by atoms with Gasteiger partial charge >= 0.3 is 6.18 Å². The number of carbonyl (C=O) groups excluding carboxylic acids is 2. The van der Waals surface area contributed by atoms with Crippen molar-refractivity contribution in [1.82, 2.24) is 24.3 Å². The molecule has 0 bridgehead atoms. The van der Waals surface area contributed by atoms with Gasteiger partial charge in [-0.15, -0.1) is 0 Å². The number of nitrogens with one attached hydrogen (secondary N) is 1. The van der Waals surface area contributed by atoms with E-state index in [1.807, 2.05) is 4.40 Å². The quantitative estimate of drug-likeness (QED) is 0.298. The molecule has 0 spiro atoms. The number of pyridine rings is 1. The number of hydrogen-bond acceptors (Lipinski definition) is 7. The summed E-state index contributed by atoms with van der Waals surface area (Å²) in [6.07, 6.45) is 5.44. The minimum absolute atomic E-state index is 0.136. The maximum atomic E-state index is 13.0. The summed E-state index contributed by atoms with van der Waals surface area (Å²) in [5.41, 5.74) is 7.31. The largest absolute Gasteiger partial charge is 0.416 e. The summed E-state index contributed by atoms with van der Waals surface area (Å²) in [7, 11) is 1.56. The van der Waals surface area contributed by atoms with Gasteiger partial charge in [-0.2, -0.15) is 13.2 Å². The van der Waals surface area contributed by atoms with Crippen molar-refractivity contribution in [2.75, 3.05) is 31.3 Å². The van der Waals surface area contributed by atoms with Crippen molar-refractivity contribution in [3.8, 4) is 11.3 Å². The molecule has 1 atom stereocenters. The number of likely N-dealkylation sites (tertiary alicyclic amines) is 1. The van der Waals surface area contributed by atoms with Crippen LogP contribution in [-0.2, 0) is 15.7 Å². The highest BCUT2D eigenvalue weighted by molar-refractivity contribution is 6.04. The lowest BCUT2D eigenvalue weighted by Gasteiger charge is -2.34. The van der Waals surface area contributed by atoms with E-state index in [9.17, 15) is 22.8 Å². The first-order valence-electron chi connectivity index (χ1n) is 13.2. The predicted molar refractivity (Wildman–Crippen MR) is 149 cm³/mol. The molecule has 1 aliphatic rings. The molecular weight excluding hydrogens is 551 g/mol. The van der Waals surface area contributed by atoms with Crippen molar-refractivity contribution in [2.45, 2.75) is 31.5 Å². The van der Waals surface area contributed by atoms with Gasteiger partial charge in [-0.1, -0.05) is 18.2 Å². The van der Waals surface area contributed by atoms with E-state index in [1.165, 1.54) is 18.2 Å². The molecule has 1 saturated heterocycles. The maximum absolute atomic E-state index is 13.0. The third-order valence-corrected chi connectivity index (χ3v) is 6.97. The highest BCUT2D eigenvalue weighted by Gasteiger charge is 2.32. The fourth-order valence-electron chi connectivity index (χ4n) is 4.97. The molecule has 0 unspecified atom stereocenters. The van der Waals surface area contributed by atoms with Gasteiger partial charge in [0.05, 0.1) is 18.2 Å². The molecule has 1 aliphatic heterocycles. The van der Waals surface area contributed by atoms with Crippen molar-refractivity contribution in [1.29, 1.82) is 0 Å². The van der Waals surface area contributed by atoms with E-state index in [0.717, 1.165) is 31.2 Å². The van der Waals surface area contributed by atoms with Crippen LogP contribution < -0.4 is 11.1 Å². The molecule has 13 heteroatoms. The van der Waals surface area contributed by atoms with Crippen LogP contribution >= 0.6 is 0 Å². The monoisotopic (exact) mass is 579 g/mol. The molecule has 3 N–H and O–H groups in total. The van der Waals surface area contributed by atoms with Crippen LogP contribution in [0.5, 0.6) is 0 Å². The van der Waals surface area contributed by atoms with Gasteiger partial charge in [0.25, 0.3) is 5.91 Å². The van der Waals surface area contributed by atoms with E-state index in [4.69, 9.17) is 15.5 Å². The molecule has 4 heterocycles. The third kappa shape index (κ3) is 5.96. The number of hydrogen-bond donors (Lipinski definition) is 2. The standard InChI is InChI=1S/C29H28F3N7O3/c1-42-16-4-6-23(40)38-14-3-2-5-21(38)27-37-24(25-26(33)35-13-15-39(25)27)18-7-9-19(10-8-18)28(41)36-22-17-20(11-12-34-22)29(30,31)32/h4,6-13,15,17,21H,2-3,5,14,16H2,1H3,(H2,33,35)(H,34,36,41)/b6-4+/t21-/m0/s1. The minimum Gasteiger partial charge on any atom is -0.382 e.